The van der Waals surface area contributed by atoms with Crippen molar-refractivity contribution in [2.24, 2.45) is 0 Å². The minimum Gasteiger partial charge on any atom is -0.354 e. The average molecular weight is 320 g/mol. The fourth-order valence-electron chi connectivity index (χ4n) is 1.75. The van der Waals surface area contributed by atoms with Gasteiger partial charge in [0.1, 0.15) is 15.8 Å². The van der Waals surface area contributed by atoms with Gasteiger partial charge in [-0.3, -0.25) is 0 Å². The van der Waals surface area contributed by atoms with Crippen molar-refractivity contribution in [1.29, 1.82) is 0 Å². The molecule has 0 aliphatic carbocycles. The van der Waals surface area contributed by atoms with Gasteiger partial charge in [-0.25, -0.2) is 9.37 Å². The van der Waals surface area contributed by atoms with Crippen LogP contribution in [-0.4, -0.2) is 15.2 Å². The van der Waals surface area contributed by atoms with Crippen molar-refractivity contribution in [3.05, 3.63) is 46.2 Å². The molecule has 21 heavy (non-hydrogen) atoms. The molecular weight excluding hydrogens is 307 g/mol. The van der Waals surface area contributed by atoms with Crippen molar-refractivity contribution in [1.82, 2.24) is 15.2 Å². The number of thiazole rings is 1. The Labute approximate surface area is 129 Å². The van der Waals surface area contributed by atoms with Gasteiger partial charge in [0.05, 0.1) is 12.2 Å². The van der Waals surface area contributed by atoms with Gasteiger partial charge in [-0.05, 0) is 30.7 Å². The Morgan fingerprint density at radius 3 is 2.71 bits per heavy atom. The highest BCUT2D eigenvalue weighted by molar-refractivity contribution is 7.15. The Bertz CT molecular complexity index is 721. The molecule has 4 nitrogen and oxygen atoms in total. The Hall–Kier alpha value is -1.86. The van der Waals surface area contributed by atoms with Gasteiger partial charge in [0.2, 0.25) is 5.13 Å². The summed E-state index contributed by atoms with van der Waals surface area (Å²) in [5.41, 5.74) is 1.87. The minimum atomic E-state index is -0.236. The number of aryl methyl sites for hydroxylation is 1. The molecule has 0 saturated carbocycles. The van der Waals surface area contributed by atoms with Gasteiger partial charge in [-0.15, -0.1) is 21.5 Å². The van der Waals surface area contributed by atoms with Crippen LogP contribution in [0.4, 0.5) is 9.52 Å². The fraction of sp³-hybridized carbons (Fsp3) is 0.214. The van der Waals surface area contributed by atoms with Crippen LogP contribution in [0.3, 0.4) is 0 Å². The highest BCUT2D eigenvalue weighted by Gasteiger charge is 2.06. The van der Waals surface area contributed by atoms with Crippen molar-refractivity contribution >= 4 is 27.8 Å². The molecule has 108 valence electrons. The molecule has 2 heterocycles. The van der Waals surface area contributed by atoms with Crippen LogP contribution in [0.1, 0.15) is 17.6 Å². The second-order valence-electron chi connectivity index (χ2n) is 4.36. The van der Waals surface area contributed by atoms with Crippen molar-refractivity contribution < 1.29 is 4.39 Å². The highest BCUT2D eigenvalue weighted by atomic mass is 32.1. The molecule has 3 rings (SSSR count). The highest BCUT2D eigenvalue weighted by Crippen LogP contribution is 2.24. The first-order valence-corrected chi connectivity index (χ1v) is 8.21. The molecule has 0 radical (unpaired) electrons. The third-order valence-electron chi connectivity index (χ3n) is 2.83. The second-order valence-corrected chi connectivity index (χ2v) is 6.28. The SMILES string of the molecule is CCc1nnc(NCc2csc(-c3ccc(F)cc3)n2)s1. The molecule has 1 aromatic carbocycles. The van der Waals surface area contributed by atoms with Crippen LogP contribution in [0.25, 0.3) is 10.6 Å². The number of nitrogens with zero attached hydrogens (tertiary/aromatic N) is 3. The Morgan fingerprint density at radius 1 is 1.19 bits per heavy atom. The molecule has 0 spiro atoms. The largest absolute Gasteiger partial charge is 0.354 e. The maximum absolute atomic E-state index is 12.9. The molecular formula is C14H13FN4S2. The Balaban J connectivity index is 1.66. The summed E-state index contributed by atoms with van der Waals surface area (Å²) in [5.74, 6) is -0.236. The predicted molar refractivity (Wildman–Crippen MR) is 84.1 cm³/mol. The van der Waals surface area contributed by atoms with E-state index < -0.39 is 0 Å². The summed E-state index contributed by atoms with van der Waals surface area (Å²) < 4.78 is 12.9. The number of rotatable bonds is 5. The summed E-state index contributed by atoms with van der Waals surface area (Å²) in [6.45, 7) is 2.66. The summed E-state index contributed by atoms with van der Waals surface area (Å²) in [7, 11) is 0. The number of halogens is 1. The van der Waals surface area contributed by atoms with E-state index in [9.17, 15) is 4.39 Å². The van der Waals surface area contributed by atoms with E-state index in [0.717, 1.165) is 32.8 Å². The van der Waals surface area contributed by atoms with Crippen LogP contribution in [0.2, 0.25) is 0 Å². The summed E-state index contributed by atoms with van der Waals surface area (Å²) >= 11 is 3.10. The third-order valence-corrected chi connectivity index (χ3v) is 4.80. The maximum atomic E-state index is 12.9. The lowest BCUT2D eigenvalue weighted by molar-refractivity contribution is 0.628. The van der Waals surface area contributed by atoms with Crippen molar-refractivity contribution in [2.75, 3.05) is 5.32 Å². The molecule has 2 aromatic heterocycles. The molecule has 1 N–H and O–H groups in total. The van der Waals surface area contributed by atoms with E-state index in [1.165, 1.54) is 12.1 Å². The van der Waals surface area contributed by atoms with Crippen LogP contribution in [0, 0.1) is 5.82 Å². The van der Waals surface area contributed by atoms with Gasteiger partial charge in [0.25, 0.3) is 0 Å². The molecule has 7 heteroatoms. The molecule has 0 amide bonds. The number of anilines is 1. The first kappa shape index (κ1) is 14.1. The monoisotopic (exact) mass is 320 g/mol. The van der Waals surface area contributed by atoms with Crippen LogP contribution < -0.4 is 5.32 Å². The van der Waals surface area contributed by atoms with Gasteiger partial charge in [-0.1, -0.05) is 18.3 Å². The van der Waals surface area contributed by atoms with Crippen molar-refractivity contribution in [2.45, 2.75) is 19.9 Å². The van der Waals surface area contributed by atoms with E-state index in [0.29, 0.717) is 6.54 Å². The van der Waals surface area contributed by atoms with Crippen LogP contribution >= 0.6 is 22.7 Å². The normalized spacial score (nSPS) is 10.8. The fourth-order valence-corrected chi connectivity index (χ4v) is 3.25. The number of benzene rings is 1. The lowest BCUT2D eigenvalue weighted by Gasteiger charge is -1.98. The standard InChI is InChI=1S/C14H13FN4S2/c1-2-12-18-19-14(21-12)16-7-11-8-20-13(17-11)9-3-5-10(15)6-4-9/h3-6,8H,2,7H2,1H3,(H,16,19). The lowest BCUT2D eigenvalue weighted by atomic mass is 10.2. The summed E-state index contributed by atoms with van der Waals surface area (Å²) in [6, 6.07) is 6.37. The summed E-state index contributed by atoms with van der Waals surface area (Å²) in [4.78, 5) is 4.54. The van der Waals surface area contributed by atoms with Crippen LogP contribution in [0.5, 0.6) is 0 Å². The third kappa shape index (κ3) is 3.43. The van der Waals surface area contributed by atoms with Gasteiger partial charge in [0.15, 0.2) is 0 Å². The molecule has 0 saturated heterocycles. The second kappa shape index (κ2) is 6.28. The topological polar surface area (TPSA) is 50.7 Å². The van der Waals surface area contributed by atoms with Gasteiger partial charge >= 0.3 is 0 Å². The van der Waals surface area contributed by atoms with E-state index in [4.69, 9.17) is 0 Å². The van der Waals surface area contributed by atoms with Crippen LogP contribution in [0.15, 0.2) is 29.6 Å². The molecule has 0 atom stereocenters. The average Bonchev–Trinajstić information content (AvgIpc) is 3.15. The van der Waals surface area contributed by atoms with Gasteiger partial charge < -0.3 is 5.32 Å². The predicted octanol–water partition coefficient (Wildman–Crippen LogP) is 3.98. The molecule has 3 aromatic rings. The molecule has 0 fully saturated rings. The smallest absolute Gasteiger partial charge is 0.205 e. The number of hydrogen-bond donors (Lipinski definition) is 1. The Morgan fingerprint density at radius 2 is 2.00 bits per heavy atom. The zero-order valence-electron chi connectivity index (χ0n) is 11.3. The van der Waals surface area contributed by atoms with E-state index >= 15 is 0 Å². The Kier molecular flexibility index (Phi) is 4.21. The van der Waals surface area contributed by atoms with Crippen molar-refractivity contribution in [3.63, 3.8) is 0 Å². The zero-order valence-corrected chi connectivity index (χ0v) is 13.0. The van der Waals surface area contributed by atoms with E-state index in [2.05, 4.69) is 27.4 Å². The molecule has 0 unspecified atom stereocenters. The minimum absolute atomic E-state index is 0.236. The van der Waals surface area contributed by atoms with Gasteiger partial charge in [-0.2, -0.15) is 0 Å². The summed E-state index contributed by atoms with van der Waals surface area (Å²) in [5, 5.41) is 16.1. The lowest BCUT2D eigenvalue weighted by Crippen LogP contribution is -1.99. The van der Waals surface area contributed by atoms with Crippen molar-refractivity contribution in [3.8, 4) is 10.6 Å². The molecule has 0 bridgehead atoms. The van der Waals surface area contributed by atoms with Crippen LogP contribution in [-0.2, 0) is 13.0 Å². The zero-order chi connectivity index (χ0) is 14.7. The van der Waals surface area contributed by atoms with Gasteiger partial charge in [0, 0.05) is 10.9 Å². The van der Waals surface area contributed by atoms with E-state index in [1.807, 2.05) is 5.38 Å². The quantitative estimate of drug-likeness (QED) is 0.772. The first-order valence-electron chi connectivity index (χ1n) is 6.51. The number of nitrogens with one attached hydrogen (secondary N) is 1. The maximum Gasteiger partial charge on any atom is 0.205 e. The molecule has 0 aliphatic rings. The van der Waals surface area contributed by atoms with E-state index in [1.54, 1.807) is 34.8 Å². The molecule has 0 aliphatic heterocycles. The number of hydrogen-bond acceptors (Lipinski definition) is 6. The van der Waals surface area contributed by atoms with E-state index in [-0.39, 0.29) is 5.82 Å². The number of aromatic nitrogens is 3. The summed E-state index contributed by atoms with van der Waals surface area (Å²) in [6.07, 6.45) is 0.894. The first-order chi connectivity index (χ1) is 10.2.